The van der Waals surface area contributed by atoms with Crippen LogP contribution in [-0.4, -0.2) is 5.43 Å². The Morgan fingerprint density at radius 3 is 2.22 bits per heavy atom. The van der Waals surface area contributed by atoms with Crippen LogP contribution in [0.25, 0.3) is 22.8 Å². The van der Waals surface area contributed by atoms with E-state index in [0.717, 1.165) is 17.9 Å². The van der Waals surface area contributed by atoms with E-state index in [9.17, 15) is 0 Å². The number of halogens is 2. The summed E-state index contributed by atoms with van der Waals surface area (Å²) in [4.78, 5) is 0. The number of furan rings is 1. The van der Waals surface area contributed by atoms with E-state index in [1.54, 1.807) is 3.28 Å². The normalized spacial score (nSPS) is 15.8. The van der Waals surface area contributed by atoms with Gasteiger partial charge in [0.05, 0.1) is 0 Å². The van der Waals surface area contributed by atoms with Crippen LogP contribution >= 0.6 is 0 Å². The summed E-state index contributed by atoms with van der Waals surface area (Å²) in [7, 11) is 0. The monoisotopic (exact) mass is 610 g/mol. The Morgan fingerprint density at radius 1 is 0.944 bits per heavy atom. The van der Waals surface area contributed by atoms with Crippen molar-refractivity contribution in [2.45, 2.75) is 56.3 Å². The number of allylic oxidation sites excluding steroid dienone is 5. The molecule has 186 valence electrons. The molecule has 0 aliphatic heterocycles. The molecule has 5 heteroatoms. The van der Waals surface area contributed by atoms with Gasteiger partial charge in [0.25, 0.3) is 0 Å². The maximum absolute atomic E-state index is 6.26. The van der Waals surface area contributed by atoms with Crippen LogP contribution in [0, 0.1) is 6.92 Å². The Labute approximate surface area is 236 Å². The van der Waals surface area contributed by atoms with E-state index in [1.807, 2.05) is 0 Å². The fourth-order valence-corrected chi connectivity index (χ4v) is 23.6. The summed E-state index contributed by atoms with van der Waals surface area (Å²) in [5.74, 6) is 2.06. The Hall–Kier alpha value is -1.38. The molecule has 2 aliphatic rings. The summed E-state index contributed by atoms with van der Waals surface area (Å²) < 4.78 is 8.57. The van der Waals surface area contributed by atoms with Gasteiger partial charge in [0.1, 0.15) is 0 Å². The molecule has 1 heterocycles. The smallest absolute Gasteiger partial charge is 1.00 e. The molecule has 0 saturated heterocycles. The summed E-state index contributed by atoms with van der Waals surface area (Å²) >= 11 is -1.98. The second-order valence-electron chi connectivity index (χ2n) is 10.8. The Morgan fingerprint density at radius 2 is 1.67 bits per heavy atom. The average molecular weight is 613 g/mol. The summed E-state index contributed by atoms with van der Waals surface area (Å²) in [6.45, 7) is 14.0. The summed E-state index contributed by atoms with van der Waals surface area (Å²) in [5, 5.41) is 0. The van der Waals surface area contributed by atoms with Crippen molar-refractivity contribution in [2.24, 2.45) is 0 Å². The Balaban J connectivity index is 0.00000180. The minimum atomic E-state index is -1.98. The number of hydrogen-bond donors (Lipinski definition) is 0. The maximum atomic E-state index is 6.26. The number of fused-ring (bicyclic) bond motifs is 1. The third-order valence-corrected chi connectivity index (χ3v) is 25.3. The Bertz CT molecular complexity index is 1380. The Kier molecular flexibility index (Phi) is 9.37. The molecule has 1 atom stereocenters. The van der Waals surface area contributed by atoms with Crippen LogP contribution in [0.5, 0.6) is 0 Å². The molecule has 1 aromatic heterocycles. The zero-order chi connectivity index (χ0) is 24.0. The second-order valence-corrected chi connectivity index (χ2v) is 28.4. The van der Waals surface area contributed by atoms with Gasteiger partial charge in [0.15, 0.2) is 0 Å². The molecule has 0 fully saturated rings. The van der Waals surface area contributed by atoms with Gasteiger partial charge in [-0.2, -0.15) is 0 Å². The molecule has 5 rings (SSSR count). The molecule has 3 aromatic rings. The number of hydrogen-bond acceptors (Lipinski definition) is 1. The second kappa shape index (κ2) is 11.6. The van der Waals surface area contributed by atoms with Crippen molar-refractivity contribution in [2.75, 3.05) is 0 Å². The van der Waals surface area contributed by atoms with Crippen LogP contribution in [0.15, 0.2) is 80.5 Å². The third kappa shape index (κ3) is 5.56. The van der Waals surface area contributed by atoms with Gasteiger partial charge in [-0.05, 0) is 0 Å². The predicted molar refractivity (Wildman–Crippen MR) is 144 cm³/mol. The molecule has 0 bridgehead atoms. The van der Waals surface area contributed by atoms with Gasteiger partial charge < -0.3 is 24.8 Å². The number of rotatable bonds is 4. The first-order valence-electron chi connectivity index (χ1n) is 12.3. The molecule has 2 aromatic carbocycles. The van der Waals surface area contributed by atoms with Crippen LogP contribution in [0.1, 0.15) is 59.0 Å². The van der Waals surface area contributed by atoms with Gasteiger partial charge in [0.2, 0.25) is 0 Å². The molecule has 1 nitrogen and oxygen atoms in total. The van der Waals surface area contributed by atoms with Gasteiger partial charge in [-0.1, -0.05) is 0 Å². The average Bonchev–Trinajstić information content (AvgIpc) is 3.54. The quantitative estimate of drug-likeness (QED) is 0.414. The first-order valence-corrected chi connectivity index (χ1v) is 21.1. The van der Waals surface area contributed by atoms with Crippen LogP contribution < -0.4 is 24.8 Å². The fourth-order valence-electron chi connectivity index (χ4n) is 5.36. The van der Waals surface area contributed by atoms with Crippen LogP contribution in [0.3, 0.4) is 0 Å². The fraction of sp³-hybridized carbons (Fsp3) is 0.290. The van der Waals surface area contributed by atoms with E-state index >= 15 is 0 Å². The standard InChI is InChI=1S/C24H23O.C5H5.C2H6Si.2ClH.Zr/c1-16-8-13-23(25-16)19-14-18-6-5-7-21(22(18)15-19)17-9-11-20(12-10-17)24(2,3)4;1-2-4-5-3-1;1-3-2;;;/h5-15H,1-4H3;1-3H,4H2;1-2H3;2*1H;/q;;;;;+2/p-2. The van der Waals surface area contributed by atoms with Gasteiger partial charge in [0, 0.05) is 0 Å². The van der Waals surface area contributed by atoms with Crippen LogP contribution in [-0.2, 0) is 25.8 Å². The topological polar surface area (TPSA) is 13.1 Å². The maximum Gasteiger partial charge on any atom is -1.00 e. The van der Waals surface area contributed by atoms with E-state index in [0.29, 0.717) is 3.63 Å². The van der Waals surface area contributed by atoms with Crippen LogP contribution in [0.4, 0.5) is 0 Å². The van der Waals surface area contributed by atoms with Crippen molar-refractivity contribution >= 4 is 17.1 Å². The first kappa shape index (κ1) is 29.2. The molecule has 36 heavy (non-hydrogen) atoms. The summed E-state index contributed by atoms with van der Waals surface area (Å²) in [5.41, 5.74) is 8.17. The molecule has 0 radical (unpaired) electrons. The van der Waals surface area contributed by atoms with Gasteiger partial charge in [-0.25, -0.2) is 0 Å². The molecule has 0 amide bonds. The largest absolute Gasteiger partial charge is 1.00 e. The van der Waals surface area contributed by atoms with E-state index < -0.39 is 25.8 Å². The third-order valence-electron chi connectivity index (χ3n) is 7.09. The molecule has 0 saturated carbocycles. The zero-order valence-corrected chi connectivity index (χ0v) is 26.9. The van der Waals surface area contributed by atoms with Gasteiger partial charge in [-0.3, -0.25) is 0 Å². The van der Waals surface area contributed by atoms with E-state index in [-0.39, 0.29) is 30.2 Å². The summed E-state index contributed by atoms with van der Waals surface area (Å²) in [6.07, 6.45) is 10.7. The summed E-state index contributed by atoms with van der Waals surface area (Å²) in [6, 6.07) is 20.5. The van der Waals surface area contributed by atoms with Crippen LogP contribution in [0.2, 0.25) is 13.1 Å². The van der Waals surface area contributed by atoms with Crippen molar-refractivity contribution in [3.8, 4) is 11.1 Å². The van der Waals surface area contributed by atoms with E-state index in [2.05, 4.69) is 120 Å². The molecule has 0 spiro atoms. The van der Waals surface area contributed by atoms with Crippen molar-refractivity contribution in [1.29, 1.82) is 0 Å². The van der Waals surface area contributed by atoms with Crippen molar-refractivity contribution in [3.63, 3.8) is 0 Å². The molecular weight excluding hydrogens is 579 g/mol. The van der Waals surface area contributed by atoms with Gasteiger partial charge >= 0.3 is 214 Å². The predicted octanol–water partition coefficient (Wildman–Crippen LogP) is 2.87. The number of aryl methyl sites for hydroxylation is 1. The molecule has 0 N–H and O–H groups in total. The first-order chi connectivity index (χ1) is 16.2. The SMILES string of the molecule is Cc1ccc(C2=Cc3c(-c4ccc(C(C)(C)C)cc4)cccc3[CH]2[Zr+2]([C]2=CC=CC2)=[Si](C)C)o1.[Cl-].[Cl-]. The zero-order valence-electron chi connectivity index (χ0n) is 22.0. The van der Waals surface area contributed by atoms with Gasteiger partial charge in [-0.15, -0.1) is 0 Å². The minimum Gasteiger partial charge on any atom is -1.00 e. The van der Waals surface area contributed by atoms with E-state index in [4.69, 9.17) is 4.42 Å². The number of benzene rings is 2. The molecular formula is C31H34Cl2OSiZr. The van der Waals surface area contributed by atoms with Crippen molar-refractivity contribution in [3.05, 3.63) is 104 Å². The molecule has 1 unspecified atom stereocenters. The van der Waals surface area contributed by atoms with Crippen molar-refractivity contribution < 1.29 is 49.6 Å². The molecule has 2 aliphatic carbocycles. The minimum absolute atomic E-state index is 0. The van der Waals surface area contributed by atoms with Crippen molar-refractivity contribution in [1.82, 2.24) is 0 Å². The van der Waals surface area contributed by atoms with E-state index in [1.165, 1.54) is 33.4 Å².